The molecule has 0 aliphatic heterocycles. The summed E-state index contributed by atoms with van der Waals surface area (Å²) >= 11 is 5.83. The van der Waals surface area contributed by atoms with Gasteiger partial charge in [-0.3, -0.25) is 9.59 Å². The molecule has 0 bridgehead atoms. The molecule has 0 unspecified atom stereocenters. The summed E-state index contributed by atoms with van der Waals surface area (Å²) in [6.07, 6.45) is 2.40. The van der Waals surface area contributed by atoms with Crippen molar-refractivity contribution in [3.05, 3.63) is 58.9 Å². The molecule has 5 nitrogen and oxygen atoms in total. The van der Waals surface area contributed by atoms with E-state index in [2.05, 4.69) is 4.98 Å². The minimum absolute atomic E-state index is 0.134. The molecule has 2 rings (SSSR count). The van der Waals surface area contributed by atoms with Crippen LogP contribution in [0.4, 0.5) is 0 Å². The second kappa shape index (κ2) is 7.66. The quantitative estimate of drug-likeness (QED) is 0.820. The summed E-state index contributed by atoms with van der Waals surface area (Å²) in [5, 5.41) is 0.473. The standard InChI is InChI=1S/C16H18ClN3O2/c17-13-10-14(19-11-13)16(22)20(9-7-15(18)21)8-6-12-4-2-1-3-5-12/h1-5,10-11,19H,6-9H2,(H2,18,21). The van der Waals surface area contributed by atoms with Crippen LogP contribution in [0.5, 0.6) is 0 Å². The lowest BCUT2D eigenvalue weighted by molar-refractivity contribution is -0.118. The summed E-state index contributed by atoms with van der Waals surface area (Å²) in [6, 6.07) is 11.4. The van der Waals surface area contributed by atoms with Gasteiger partial charge in [0.15, 0.2) is 0 Å². The molecule has 2 amide bonds. The molecule has 3 N–H and O–H groups in total. The molecule has 0 aliphatic carbocycles. The SMILES string of the molecule is NC(=O)CCN(CCc1ccccc1)C(=O)c1cc(Cl)c[nH]1. The van der Waals surface area contributed by atoms with Gasteiger partial charge in [0.2, 0.25) is 5.91 Å². The number of carbonyl (C=O) groups excluding carboxylic acids is 2. The molecule has 0 saturated carbocycles. The van der Waals surface area contributed by atoms with E-state index < -0.39 is 5.91 Å². The maximum atomic E-state index is 12.5. The Bertz CT molecular complexity index is 640. The van der Waals surface area contributed by atoms with Crippen LogP contribution in [0, 0.1) is 0 Å². The molecule has 6 heteroatoms. The number of nitrogens with zero attached hydrogens (tertiary/aromatic N) is 1. The van der Waals surface area contributed by atoms with Gasteiger partial charge < -0.3 is 15.6 Å². The highest BCUT2D eigenvalue weighted by atomic mass is 35.5. The Hall–Kier alpha value is -2.27. The van der Waals surface area contributed by atoms with E-state index in [1.54, 1.807) is 17.2 Å². The fourth-order valence-electron chi connectivity index (χ4n) is 2.13. The number of rotatable bonds is 7. The zero-order chi connectivity index (χ0) is 15.9. The van der Waals surface area contributed by atoms with Crippen LogP contribution in [0.15, 0.2) is 42.6 Å². The third kappa shape index (κ3) is 4.63. The molecular formula is C16H18ClN3O2. The third-order valence-electron chi connectivity index (χ3n) is 3.31. The molecule has 0 aliphatic rings. The Morgan fingerprint density at radius 2 is 1.91 bits per heavy atom. The summed E-state index contributed by atoms with van der Waals surface area (Å²) in [4.78, 5) is 27.9. The van der Waals surface area contributed by atoms with Gasteiger partial charge in [-0.1, -0.05) is 41.9 Å². The highest BCUT2D eigenvalue weighted by Gasteiger charge is 2.17. The Kier molecular flexibility index (Phi) is 5.61. The van der Waals surface area contributed by atoms with Gasteiger partial charge in [-0.2, -0.15) is 0 Å². The van der Waals surface area contributed by atoms with E-state index in [4.69, 9.17) is 17.3 Å². The van der Waals surface area contributed by atoms with Gasteiger partial charge in [0, 0.05) is 25.7 Å². The Labute approximate surface area is 134 Å². The van der Waals surface area contributed by atoms with Crippen molar-refractivity contribution >= 4 is 23.4 Å². The van der Waals surface area contributed by atoms with Gasteiger partial charge in [-0.25, -0.2) is 0 Å². The van der Waals surface area contributed by atoms with Gasteiger partial charge in [0.25, 0.3) is 5.91 Å². The summed E-state index contributed by atoms with van der Waals surface area (Å²) in [7, 11) is 0. The predicted octanol–water partition coefficient (Wildman–Crippen LogP) is 2.23. The lowest BCUT2D eigenvalue weighted by atomic mass is 10.1. The molecule has 1 heterocycles. The van der Waals surface area contributed by atoms with Crippen LogP contribution >= 0.6 is 11.6 Å². The van der Waals surface area contributed by atoms with Crippen LogP contribution in [-0.2, 0) is 11.2 Å². The van der Waals surface area contributed by atoms with Crippen molar-refractivity contribution in [2.24, 2.45) is 5.73 Å². The summed E-state index contributed by atoms with van der Waals surface area (Å²) in [6.45, 7) is 0.796. The van der Waals surface area contributed by atoms with E-state index in [1.807, 2.05) is 30.3 Å². The van der Waals surface area contributed by atoms with Crippen molar-refractivity contribution in [1.29, 1.82) is 0 Å². The number of amides is 2. The minimum Gasteiger partial charge on any atom is -0.370 e. The normalized spacial score (nSPS) is 10.4. The molecule has 116 valence electrons. The largest absolute Gasteiger partial charge is 0.370 e. The summed E-state index contributed by atoms with van der Waals surface area (Å²) < 4.78 is 0. The number of aromatic nitrogens is 1. The number of benzene rings is 1. The van der Waals surface area contributed by atoms with Crippen molar-refractivity contribution < 1.29 is 9.59 Å². The first-order valence-electron chi connectivity index (χ1n) is 7.01. The Morgan fingerprint density at radius 1 is 1.18 bits per heavy atom. The smallest absolute Gasteiger partial charge is 0.270 e. The van der Waals surface area contributed by atoms with Crippen molar-refractivity contribution in [2.75, 3.05) is 13.1 Å². The minimum atomic E-state index is -0.429. The number of carbonyl (C=O) groups is 2. The Morgan fingerprint density at radius 3 is 2.50 bits per heavy atom. The number of nitrogens with two attached hydrogens (primary N) is 1. The zero-order valence-corrected chi connectivity index (χ0v) is 12.8. The monoisotopic (exact) mass is 319 g/mol. The highest BCUT2D eigenvalue weighted by molar-refractivity contribution is 6.30. The van der Waals surface area contributed by atoms with Crippen molar-refractivity contribution in [3.63, 3.8) is 0 Å². The third-order valence-corrected chi connectivity index (χ3v) is 3.52. The number of hydrogen-bond acceptors (Lipinski definition) is 2. The van der Waals surface area contributed by atoms with E-state index in [-0.39, 0.29) is 18.9 Å². The molecule has 0 atom stereocenters. The highest BCUT2D eigenvalue weighted by Crippen LogP contribution is 2.12. The maximum Gasteiger partial charge on any atom is 0.270 e. The van der Waals surface area contributed by atoms with Crippen LogP contribution in [0.1, 0.15) is 22.5 Å². The molecule has 0 radical (unpaired) electrons. The van der Waals surface area contributed by atoms with Crippen LogP contribution < -0.4 is 5.73 Å². The first-order valence-corrected chi connectivity index (χ1v) is 7.39. The molecule has 22 heavy (non-hydrogen) atoms. The van der Waals surface area contributed by atoms with Crippen LogP contribution in [0.25, 0.3) is 0 Å². The van der Waals surface area contributed by atoms with E-state index in [0.717, 1.165) is 5.56 Å². The fraction of sp³-hybridized carbons (Fsp3) is 0.250. The predicted molar refractivity (Wildman–Crippen MR) is 85.7 cm³/mol. The molecule has 1 aromatic heterocycles. The van der Waals surface area contributed by atoms with Crippen LogP contribution in [0.3, 0.4) is 0 Å². The average Bonchev–Trinajstić information content (AvgIpc) is 2.94. The van der Waals surface area contributed by atoms with E-state index in [9.17, 15) is 9.59 Å². The average molecular weight is 320 g/mol. The number of aromatic amines is 1. The first kappa shape index (κ1) is 16.1. The molecule has 1 aromatic carbocycles. The zero-order valence-electron chi connectivity index (χ0n) is 12.1. The van der Waals surface area contributed by atoms with Crippen LogP contribution in [0.2, 0.25) is 5.02 Å². The van der Waals surface area contributed by atoms with Crippen molar-refractivity contribution in [2.45, 2.75) is 12.8 Å². The summed E-state index contributed by atoms with van der Waals surface area (Å²) in [5.74, 6) is -0.619. The molecule has 0 saturated heterocycles. The number of hydrogen-bond donors (Lipinski definition) is 2. The van der Waals surface area contributed by atoms with E-state index >= 15 is 0 Å². The van der Waals surface area contributed by atoms with Crippen LogP contribution in [-0.4, -0.2) is 34.8 Å². The number of halogens is 1. The molecular weight excluding hydrogens is 302 g/mol. The number of H-pyrrole nitrogens is 1. The lowest BCUT2D eigenvalue weighted by Crippen LogP contribution is -2.35. The van der Waals surface area contributed by atoms with Gasteiger partial charge >= 0.3 is 0 Å². The fourth-order valence-corrected chi connectivity index (χ4v) is 2.29. The van der Waals surface area contributed by atoms with Gasteiger partial charge in [0.1, 0.15) is 5.69 Å². The number of primary amides is 1. The van der Waals surface area contributed by atoms with Crippen molar-refractivity contribution in [3.8, 4) is 0 Å². The van der Waals surface area contributed by atoms with Gasteiger partial charge in [-0.05, 0) is 18.1 Å². The molecule has 0 fully saturated rings. The molecule has 0 spiro atoms. The lowest BCUT2D eigenvalue weighted by Gasteiger charge is -2.21. The maximum absolute atomic E-state index is 12.5. The van der Waals surface area contributed by atoms with Crippen molar-refractivity contribution in [1.82, 2.24) is 9.88 Å². The topological polar surface area (TPSA) is 79.2 Å². The summed E-state index contributed by atoms with van der Waals surface area (Å²) in [5.41, 5.74) is 6.72. The first-order chi connectivity index (χ1) is 10.6. The Balaban J connectivity index is 2.04. The second-order valence-corrected chi connectivity index (χ2v) is 5.41. The van der Waals surface area contributed by atoms with E-state index in [1.165, 1.54) is 0 Å². The second-order valence-electron chi connectivity index (χ2n) is 4.98. The van der Waals surface area contributed by atoms with Gasteiger partial charge in [-0.15, -0.1) is 0 Å². The van der Waals surface area contributed by atoms with Gasteiger partial charge in [0.05, 0.1) is 5.02 Å². The van der Waals surface area contributed by atoms with E-state index in [0.29, 0.717) is 23.7 Å². The molecule has 2 aromatic rings. The number of nitrogens with one attached hydrogen (secondary N) is 1.